The Bertz CT molecular complexity index is 1760. The number of carbonyl (C=O) groups is 3. The molecule has 0 fully saturated rings. The first-order chi connectivity index (χ1) is 24.5. The van der Waals surface area contributed by atoms with Crippen LogP contribution in [0.1, 0.15) is 46.6 Å². The number of rotatable bonds is 15. The van der Waals surface area contributed by atoms with Gasteiger partial charge in [-0.15, -0.1) is 0 Å². The summed E-state index contributed by atoms with van der Waals surface area (Å²) < 4.78 is 5.69. The fraction of sp³-hybridized carbons (Fsp3) is 0.214. The SMILES string of the molecule is O=C(O)CCC(=O)N(CCNC(=O)OCC1c2ccccc2-c2ccccc21)CCNC(c1ccccc1)(c1ccccc1)c1ccccc1. The van der Waals surface area contributed by atoms with Crippen LogP contribution in [0.5, 0.6) is 0 Å². The summed E-state index contributed by atoms with van der Waals surface area (Å²) in [7, 11) is 0. The maximum absolute atomic E-state index is 13.3. The van der Waals surface area contributed by atoms with Crippen molar-refractivity contribution in [1.29, 1.82) is 0 Å². The highest BCUT2D eigenvalue weighted by molar-refractivity contribution is 5.81. The van der Waals surface area contributed by atoms with Crippen LogP contribution in [-0.4, -0.2) is 60.8 Å². The van der Waals surface area contributed by atoms with E-state index in [1.165, 1.54) is 0 Å². The van der Waals surface area contributed by atoms with E-state index in [4.69, 9.17) is 4.74 Å². The number of nitrogens with zero attached hydrogens (tertiary/aromatic N) is 1. The summed E-state index contributed by atoms with van der Waals surface area (Å²) in [5, 5.41) is 15.8. The van der Waals surface area contributed by atoms with Crippen molar-refractivity contribution < 1.29 is 24.2 Å². The smallest absolute Gasteiger partial charge is 0.407 e. The summed E-state index contributed by atoms with van der Waals surface area (Å²) >= 11 is 0. The minimum absolute atomic E-state index is 0.0626. The summed E-state index contributed by atoms with van der Waals surface area (Å²) in [6.45, 7) is 1.21. The number of benzene rings is 5. The summed E-state index contributed by atoms with van der Waals surface area (Å²) in [4.78, 5) is 39.1. The Balaban J connectivity index is 1.13. The molecule has 0 heterocycles. The van der Waals surface area contributed by atoms with Gasteiger partial charge in [0, 0.05) is 38.5 Å². The van der Waals surface area contributed by atoms with Gasteiger partial charge in [-0.3, -0.25) is 14.9 Å². The van der Waals surface area contributed by atoms with Gasteiger partial charge in [0.15, 0.2) is 0 Å². The number of aliphatic carboxylic acids is 1. The first-order valence-corrected chi connectivity index (χ1v) is 17.0. The van der Waals surface area contributed by atoms with Crippen LogP contribution in [0.25, 0.3) is 11.1 Å². The van der Waals surface area contributed by atoms with Crippen molar-refractivity contribution in [2.45, 2.75) is 24.3 Å². The van der Waals surface area contributed by atoms with E-state index in [0.29, 0.717) is 13.1 Å². The second-order valence-electron chi connectivity index (χ2n) is 12.3. The second-order valence-corrected chi connectivity index (χ2v) is 12.3. The van der Waals surface area contributed by atoms with E-state index < -0.39 is 17.6 Å². The van der Waals surface area contributed by atoms with E-state index in [2.05, 4.69) is 71.3 Å². The third-order valence-corrected chi connectivity index (χ3v) is 9.29. The molecule has 1 aliphatic carbocycles. The molecule has 254 valence electrons. The Kier molecular flexibility index (Phi) is 11.0. The zero-order valence-electron chi connectivity index (χ0n) is 27.8. The molecule has 0 saturated carbocycles. The van der Waals surface area contributed by atoms with Crippen molar-refractivity contribution in [1.82, 2.24) is 15.5 Å². The predicted octanol–water partition coefficient (Wildman–Crippen LogP) is 6.80. The summed E-state index contributed by atoms with van der Waals surface area (Å²) in [6, 6.07) is 46.8. The highest BCUT2D eigenvalue weighted by atomic mass is 16.5. The van der Waals surface area contributed by atoms with Gasteiger partial charge >= 0.3 is 12.1 Å². The summed E-state index contributed by atoms with van der Waals surface area (Å²) in [5.74, 6) is -1.40. The van der Waals surface area contributed by atoms with Gasteiger partial charge < -0.3 is 20.1 Å². The molecule has 5 aromatic carbocycles. The van der Waals surface area contributed by atoms with E-state index >= 15 is 0 Å². The Morgan fingerprint density at radius 1 is 0.620 bits per heavy atom. The summed E-state index contributed by atoms with van der Waals surface area (Å²) in [6.07, 6.45) is -0.981. The molecule has 0 atom stereocenters. The number of carbonyl (C=O) groups excluding carboxylic acids is 2. The van der Waals surface area contributed by atoms with Crippen molar-refractivity contribution >= 4 is 18.0 Å². The standard InChI is InChI=1S/C42H41N3O5/c46-39(24-25-40(47)48)45(28-26-43-41(49)50-30-38-36-22-12-10-20-34(36)35-21-11-13-23-37(35)38)29-27-44-42(31-14-4-1-5-15-31,32-16-6-2-7-17-32)33-18-8-3-9-19-33/h1-23,38,44H,24-30H2,(H,43,49)(H,47,48). The molecule has 2 amide bonds. The van der Waals surface area contributed by atoms with Gasteiger partial charge in [0.25, 0.3) is 0 Å². The fourth-order valence-corrected chi connectivity index (χ4v) is 6.92. The van der Waals surface area contributed by atoms with Crippen molar-refractivity contribution in [3.63, 3.8) is 0 Å². The number of hydrogen-bond acceptors (Lipinski definition) is 5. The number of fused-ring (bicyclic) bond motifs is 3. The average molecular weight is 668 g/mol. The lowest BCUT2D eigenvalue weighted by molar-refractivity contribution is -0.140. The number of hydrogen-bond donors (Lipinski definition) is 3. The van der Waals surface area contributed by atoms with Crippen LogP contribution in [0.3, 0.4) is 0 Å². The number of amides is 2. The Morgan fingerprint density at radius 2 is 1.08 bits per heavy atom. The maximum atomic E-state index is 13.3. The molecular weight excluding hydrogens is 626 g/mol. The highest BCUT2D eigenvalue weighted by Gasteiger charge is 2.36. The van der Waals surface area contributed by atoms with Crippen LogP contribution in [-0.2, 0) is 19.9 Å². The van der Waals surface area contributed by atoms with Gasteiger partial charge in [0.05, 0.1) is 12.0 Å². The number of carboxylic acids is 1. The predicted molar refractivity (Wildman–Crippen MR) is 194 cm³/mol. The maximum Gasteiger partial charge on any atom is 0.407 e. The molecular formula is C42H41N3O5. The van der Waals surface area contributed by atoms with E-state index in [1.54, 1.807) is 4.90 Å². The van der Waals surface area contributed by atoms with Crippen LogP contribution in [0.4, 0.5) is 4.79 Å². The zero-order chi connectivity index (χ0) is 34.8. The van der Waals surface area contributed by atoms with Crippen molar-refractivity contribution in [3.8, 4) is 11.1 Å². The normalized spacial score (nSPS) is 12.1. The lowest BCUT2D eigenvalue weighted by atomic mass is 9.77. The second kappa shape index (κ2) is 16.1. The van der Waals surface area contributed by atoms with Gasteiger partial charge in [-0.2, -0.15) is 0 Å². The lowest BCUT2D eigenvalue weighted by Gasteiger charge is -2.38. The van der Waals surface area contributed by atoms with Crippen LogP contribution in [0, 0.1) is 0 Å². The average Bonchev–Trinajstić information content (AvgIpc) is 3.48. The van der Waals surface area contributed by atoms with Crippen LogP contribution < -0.4 is 10.6 Å². The van der Waals surface area contributed by atoms with Gasteiger partial charge in [-0.25, -0.2) is 4.79 Å². The molecule has 5 aromatic rings. The molecule has 0 bridgehead atoms. The van der Waals surface area contributed by atoms with Crippen molar-refractivity contribution in [2.24, 2.45) is 0 Å². The first kappa shape index (κ1) is 34.1. The topological polar surface area (TPSA) is 108 Å². The molecule has 50 heavy (non-hydrogen) atoms. The van der Waals surface area contributed by atoms with Crippen LogP contribution >= 0.6 is 0 Å². The molecule has 1 aliphatic rings. The van der Waals surface area contributed by atoms with E-state index in [9.17, 15) is 19.5 Å². The van der Waals surface area contributed by atoms with Gasteiger partial charge in [-0.1, -0.05) is 140 Å². The third-order valence-electron chi connectivity index (χ3n) is 9.29. The fourth-order valence-electron chi connectivity index (χ4n) is 6.92. The summed E-state index contributed by atoms with van der Waals surface area (Å²) in [5.41, 5.74) is 6.95. The van der Waals surface area contributed by atoms with E-state index in [1.807, 2.05) is 78.9 Å². The molecule has 0 aliphatic heterocycles. The quantitative estimate of drug-likeness (QED) is 0.106. The first-order valence-electron chi connectivity index (χ1n) is 17.0. The van der Waals surface area contributed by atoms with E-state index in [-0.39, 0.29) is 44.4 Å². The Hall–Kier alpha value is -5.73. The molecule has 8 heteroatoms. The van der Waals surface area contributed by atoms with Crippen LogP contribution in [0.15, 0.2) is 140 Å². The monoisotopic (exact) mass is 667 g/mol. The van der Waals surface area contributed by atoms with Gasteiger partial charge in [0.1, 0.15) is 6.61 Å². The third kappa shape index (κ3) is 7.61. The zero-order valence-corrected chi connectivity index (χ0v) is 27.8. The molecule has 3 N–H and O–H groups in total. The molecule has 0 spiro atoms. The van der Waals surface area contributed by atoms with Crippen LogP contribution in [0.2, 0.25) is 0 Å². The molecule has 0 saturated heterocycles. The number of carboxylic acid groups (broad SMARTS) is 1. The molecule has 0 unspecified atom stereocenters. The lowest BCUT2D eigenvalue weighted by Crippen LogP contribution is -2.49. The number of ether oxygens (including phenoxy) is 1. The molecule has 8 nitrogen and oxygen atoms in total. The van der Waals surface area contributed by atoms with Gasteiger partial charge in [0.2, 0.25) is 5.91 Å². The molecule has 0 aromatic heterocycles. The number of alkyl carbamates (subject to hydrolysis) is 1. The largest absolute Gasteiger partial charge is 0.481 e. The Labute approximate surface area is 292 Å². The van der Waals surface area contributed by atoms with Crippen molar-refractivity contribution in [2.75, 3.05) is 32.8 Å². The highest BCUT2D eigenvalue weighted by Crippen LogP contribution is 2.44. The Morgan fingerprint density at radius 3 is 1.58 bits per heavy atom. The molecule has 0 radical (unpaired) electrons. The van der Waals surface area contributed by atoms with E-state index in [0.717, 1.165) is 38.9 Å². The minimum atomic E-state index is -1.04. The minimum Gasteiger partial charge on any atom is -0.481 e. The molecule has 6 rings (SSSR count). The van der Waals surface area contributed by atoms with Gasteiger partial charge in [-0.05, 0) is 38.9 Å². The number of nitrogens with one attached hydrogen (secondary N) is 2. The van der Waals surface area contributed by atoms with Crippen molar-refractivity contribution in [3.05, 3.63) is 167 Å².